The fraction of sp³-hybridized carbons (Fsp3) is 0.286. The van der Waals surface area contributed by atoms with Crippen LogP contribution >= 0.6 is 0 Å². The van der Waals surface area contributed by atoms with Crippen LogP contribution in [0.2, 0.25) is 0 Å². The molecule has 2 rings (SSSR count). The largest absolute Gasteiger partial charge is 0.346 e. The highest BCUT2D eigenvalue weighted by Crippen LogP contribution is 2.29. The van der Waals surface area contributed by atoms with Crippen molar-refractivity contribution in [3.8, 4) is 0 Å². The van der Waals surface area contributed by atoms with E-state index in [0.717, 1.165) is 16.8 Å². The molecule has 1 atom stereocenters. The highest BCUT2D eigenvalue weighted by Gasteiger charge is 2.24. The smallest absolute Gasteiger partial charge is 0.243 e. The van der Waals surface area contributed by atoms with Crippen LogP contribution < -0.4 is 10.2 Å². The SMILES string of the molecule is C=CC(=O)NC(C)c1ccc2c(c1)CC(=O)N2C. The van der Waals surface area contributed by atoms with Crippen molar-refractivity contribution in [2.45, 2.75) is 19.4 Å². The number of hydrogen-bond donors (Lipinski definition) is 1. The molecule has 1 N–H and O–H groups in total. The van der Waals surface area contributed by atoms with Gasteiger partial charge in [0.1, 0.15) is 0 Å². The maximum absolute atomic E-state index is 11.6. The Kier molecular flexibility index (Phi) is 3.19. The molecule has 1 aliphatic heterocycles. The zero-order valence-corrected chi connectivity index (χ0v) is 10.6. The topological polar surface area (TPSA) is 49.4 Å². The standard InChI is InChI=1S/C14H16N2O2/c1-4-13(17)15-9(2)10-5-6-12-11(7-10)8-14(18)16(12)3/h4-7,9H,1,8H2,2-3H3,(H,15,17). The van der Waals surface area contributed by atoms with E-state index in [4.69, 9.17) is 0 Å². The van der Waals surface area contributed by atoms with Gasteiger partial charge in [-0.15, -0.1) is 0 Å². The molecular weight excluding hydrogens is 228 g/mol. The fourth-order valence-corrected chi connectivity index (χ4v) is 2.12. The zero-order chi connectivity index (χ0) is 13.3. The molecule has 0 fully saturated rings. The number of nitrogens with zero attached hydrogens (tertiary/aromatic N) is 1. The van der Waals surface area contributed by atoms with Crippen LogP contribution in [0.5, 0.6) is 0 Å². The number of fused-ring (bicyclic) bond motifs is 1. The van der Waals surface area contributed by atoms with E-state index >= 15 is 0 Å². The Morgan fingerprint density at radius 3 is 2.94 bits per heavy atom. The summed E-state index contributed by atoms with van der Waals surface area (Å²) in [6.45, 7) is 5.33. The first-order chi connectivity index (χ1) is 8.52. The maximum atomic E-state index is 11.6. The molecule has 4 nitrogen and oxygen atoms in total. The molecule has 1 aliphatic rings. The van der Waals surface area contributed by atoms with Crippen molar-refractivity contribution in [1.82, 2.24) is 5.32 Å². The number of carbonyl (C=O) groups excluding carboxylic acids is 2. The summed E-state index contributed by atoms with van der Waals surface area (Å²) in [5, 5.41) is 2.80. The zero-order valence-electron chi connectivity index (χ0n) is 10.6. The lowest BCUT2D eigenvalue weighted by molar-refractivity contribution is -0.117. The van der Waals surface area contributed by atoms with Gasteiger partial charge in [0.25, 0.3) is 0 Å². The second-order valence-corrected chi connectivity index (χ2v) is 4.45. The fourth-order valence-electron chi connectivity index (χ4n) is 2.12. The van der Waals surface area contributed by atoms with Crippen molar-refractivity contribution in [3.63, 3.8) is 0 Å². The Labute approximate surface area is 106 Å². The second kappa shape index (κ2) is 4.64. The Hall–Kier alpha value is -2.10. The highest BCUT2D eigenvalue weighted by atomic mass is 16.2. The minimum atomic E-state index is -0.198. The molecule has 0 bridgehead atoms. The summed E-state index contributed by atoms with van der Waals surface area (Å²) < 4.78 is 0. The van der Waals surface area contributed by atoms with E-state index in [1.54, 1.807) is 11.9 Å². The van der Waals surface area contributed by atoms with Gasteiger partial charge in [-0.25, -0.2) is 0 Å². The van der Waals surface area contributed by atoms with Gasteiger partial charge in [0.05, 0.1) is 12.5 Å². The minimum Gasteiger partial charge on any atom is -0.346 e. The van der Waals surface area contributed by atoms with Crippen LogP contribution in [0.3, 0.4) is 0 Å². The maximum Gasteiger partial charge on any atom is 0.243 e. The third kappa shape index (κ3) is 2.14. The molecule has 4 heteroatoms. The van der Waals surface area contributed by atoms with Crippen molar-refractivity contribution in [3.05, 3.63) is 42.0 Å². The van der Waals surface area contributed by atoms with E-state index in [1.807, 2.05) is 25.1 Å². The van der Waals surface area contributed by atoms with Crippen molar-refractivity contribution in [2.24, 2.45) is 0 Å². The molecule has 0 spiro atoms. The first kappa shape index (κ1) is 12.4. The molecular formula is C14H16N2O2. The Balaban J connectivity index is 2.23. The van der Waals surface area contributed by atoms with Crippen molar-refractivity contribution < 1.29 is 9.59 Å². The average molecular weight is 244 g/mol. The van der Waals surface area contributed by atoms with Gasteiger partial charge in [-0.2, -0.15) is 0 Å². The number of benzene rings is 1. The molecule has 0 radical (unpaired) electrons. The lowest BCUT2D eigenvalue weighted by Crippen LogP contribution is -2.24. The van der Waals surface area contributed by atoms with E-state index in [9.17, 15) is 9.59 Å². The van der Waals surface area contributed by atoms with Crippen LogP contribution in [0.1, 0.15) is 24.1 Å². The number of nitrogens with one attached hydrogen (secondary N) is 1. The van der Waals surface area contributed by atoms with Crippen molar-refractivity contribution >= 4 is 17.5 Å². The van der Waals surface area contributed by atoms with Crippen LogP contribution in [0.4, 0.5) is 5.69 Å². The molecule has 1 unspecified atom stereocenters. The van der Waals surface area contributed by atoms with Gasteiger partial charge in [-0.3, -0.25) is 9.59 Å². The van der Waals surface area contributed by atoms with E-state index in [2.05, 4.69) is 11.9 Å². The van der Waals surface area contributed by atoms with E-state index < -0.39 is 0 Å². The monoisotopic (exact) mass is 244 g/mol. The lowest BCUT2D eigenvalue weighted by atomic mass is 10.0. The summed E-state index contributed by atoms with van der Waals surface area (Å²) in [5.41, 5.74) is 2.96. The number of carbonyl (C=O) groups is 2. The predicted octanol–water partition coefficient (Wildman–Crippen LogP) is 1.57. The quantitative estimate of drug-likeness (QED) is 0.820. The molecule has 1 heterocycles. The summed E-state index contributed by atoms with van der Waals surface area (Å²) in [4.78, 5) is 24.5. The lowest BCUT2D eigenvalue weighted by Gasteiger charge is -2.15. The molecule has 0 saturated heterocycles. The van der Waals surface area contributed by atoms with Crippen LogP contribution in [-0.2, 0) is 16.0 Å². The third-order valence-corrected chi connectivity index (χ3v) is 3.22. The first-order valence-electron chi connectivity index (χ1n) is 5.85. The molecule has 94 valence electrons. The molecule has 0 saturated carbocycles. The molecule has 18 heavy (non-hydrogen) atoms. The Morgan fingerprint density at radius 2 is 2.28 bits per heavy atom. The van der Waals surface area contributed by atoms with Gasteiger partial charge in [0.2, 0.25) is 11.8 Å². The minimum absolute atomic E-state index is 0.0955. The first-order valence-corrected chi connectivity index (χ1v) is 5.85. The van der Waals surface area contributed by atoms with Gasteiger partial charge in [-0.1, -0.05) is 18.7 Å². The van der Waals surface area contributed by atoms with Crippen LogP contribution in [0, 0.1) is 0 Å². The number of amides is 2. The van der Waals surface area contributed by atoms with Gasteiger partial charge < -0.3 is 10.2 Å². The molecule has 0 aromatic heterocycles. The van der Waals surface area contributed by atoms with Crippen molar-refractivity contribution in [2.75, 3.05) is 11.9 Å². The average Bonchev–Trinajstić information content (AvgIpc) is 2.64. The third-order valence-electron chi connectivity index (χ3n) is 3.22. The molecule has 1 aromatic rings. The number of anilines is 1. The Bertz CT molecular complexity index is 523. The van der Waals surface area contributed by atoms with E-state index in [-0.39, 0.29) is 17.9 Å². The molecule has 0 aliphatic carbocycles. The van der Waals surface area contributed by atoms with Crippen LogP contribution in [0.25, 0.3) is 0 Å². The summed E-state index contributed by atoms with van der Waals surface area (Å²) in [6, 6.07) is 5.74. The van der Waals surface area contributed by atoms with E-state index in [1.165, 1.54) is 6.08 Å². The van der Waals surface area contributed by atoms with Crippen LogP contribution in [0.15, 0.2) is 30.9 Å². The summed E-state index contributed by atoms with van der Waals surface area (Å²) in [6.07, 6.45) is 1.68. The van der Waals surface area contributed by atoms with Gasteiger partial charge in [0, 0.05) is 12.7 Å². The normalized spacial score (nSPS) is 15.2. The summed E-state index contributed by atoms with van der Waals surface area (Å²) in [7, 11) is 1.77. The van der Waals surface area contributed by atoms with Crippen LogP contribution in [-0.4, -0.2) is 18.9 Å². The summed E-state index contributed by atoms with van der Waals surface area (Å²) in [5.74, 6) is -0.0962. The molecule has 2 amide bonds. The number of rotatable bonds is 3. The van der Waals surface area contributed by atoms with Gasteiger partial charge in [-0.05, 0) is 30.2 Å². The van der Waals surface area contributed by atoms with E-state index in [0.29, 0.717) is 6.42 Å². The van der Waals surface area contributed by atoms with Gasteiger partial charge >= 0.3 is 0 Å². The summed E-state index contributed by atoms with van der Waals surface area (Å²) >= 11 is 0. The number of hydrogen-bond acceptors (Lipinski definition) is 2. The van der Waals surface area contributed by atoms with Crippen molar-refractivity contribution in [1.29, 1.82) is 0 Å². The number of likely N-dealkylation sites (N-methyl/N-ethyl adjacent to an activating group) is 1. The molecule has 1 aromatic carbocycles. The Morgan fingerprint density at radius 1 is 1.56 bits per heavy atom. The highest BCUT2D eigenvalue weighted by molar-refractivity contribution is 6.01. The van der Waals surface area contributed by atoms with Gasteiger partial charge in [0.15, 0.2) is 0 Å². The predicted molar refractivity (Wildman–Crippen MR) is 70.3 cm³/mol. The second-order valence-electron chi connectivity index (χ2n) is 4.45.